The number of nitro groups is 1. The van der Waals surface area contributed by atoms with E-state index in [9.17, 15) is 10.1 Å². The van der Waals surface area contributed by atoms with Gasteiger partial charge in [0.05, 0.1) is 25.7 Å². The maximum atomic E-state index is 10.9. The molecule has 6 nitrogen and oxygen atoms in total. The van der Waals surface area contributed by atoms with Crippen LogP contribution in [0.25, 0.3) is 0 Å². The van der Waals surface area contributed by atoms with Gasteiger partial charge >= 0.3 is 0 Å². The summed E-state index contributed by atoms with van der Waals surface area (Å²) >= 11 is 0. The van der Waals surface area contributed by atoms with Crippen molar-refractivity contribution in [3.8, 4) is 11.5 Å². The molecule has 3 rings (SSSR count). The van der Waals surface area contributed by atoms with Crippen molar-refractivity contribution in [2.24, 2.45) is 0 Å². The number of nitro benzene ring substituents is 1. The Bertz CT molecular complexity index is 761. The molecule has 0 saturated carbocycles. The molecule has 0 radical (unpaired) electrons. The number of hydrogen-bond acceptors (Lipinski definition) is 4. The van der Waals surface area contributed by atoms with Gasteiger partial charge in [0.1, 0.15) is 13.1 Å². The first-order chi connectivity index (χ1) is 11.6. The fourth-order valence-electron chi connectivity index (χ4n) is 3.25. The standard InChI is InChI=1S/C18H20N2O4/c1-23-17-9-14-6-7-19(12-15(14)10-18(17)24-2)11-13-4-3-5-16(8-13)20(21)22/h3-5,8-10H,6-7,11-12H2,1-2H3/p+1. The maximum Gasteiger partial charge on any atom is 0.269 e. The summed E-state index contributed by atoms with van der Waals surface area (Å²) in [4.78, 5) is 12.0. The van der Waals surface area contributed by atoms with Crippen LogP contribution in [-0.2, 0) is 19.5 Å². The average molecular weight is 329 g/mol. The molecule has 0 aromatic heterocycles. The summed E-state index contributed by atoms with van der Waals surface area (Å²) in [5, 5.41) is 10.9. The molecule has 1 heterocycles. The number of fused-ring (bicyclic) bond motifs is 1. The second kappa shape index (κ2) is 6.88. The number of nitrogens with one attached hydrogen (secondary N) is 1. The van der Waals surface area contributed by atoms with Crippen LogP contribution in [0.2, 0.25) is 0 Å². The molecule has 6 heteroatoms. The van der Waals surface area contributed by atoms with Crippen molar-refractivity contribution in [2.75, 3.05) is 20.8 Å². The monoisotopic (exact) mass is 329 g/mol. The molecule has 0 amide bonds. The Morgan fingerprint density at radius 1 is 1.12 bits per heavy atom. The van der Waals surface area contributed by atoms with Gasteiger partial charge in [-0.05, 0) is 17.7 Å². The summed E-state index contributed by atoms with van der Waals surface area (Å²) in [5.74, 6) is 1.51. The third kappa shape index (κ3) is 3.33. The topological polar surface area (TPSA) is 66.0 Å². The molecule has 0 bridgehead atoms. The number of nitrogens with zero attached hydrogens (tertiary/aromatic N) is 1. The highest BCUT2D eigenvalue weighted by Gasteiger charge is 2.22. The predicted molar refractivity (Wildman–Crippen MR) is 89.6 cm³/mol. The molecule has 1 aliphatic rings. The first kappa shape index (κ1) is 16.3. The third-order valence-electron chi connectivity index (χ3n) is 4.47. The number of rotatable bonds is 5. The average Bonchev–Trinajstić information content (AvgIpc) is 2.60. The van der Waals surface area contributed by atoms with E-state index < -0.39 is 0 Å². The summed E-state index contributed by atoms with van der Waals surface area (Å²) in [6.07, 6.45) is 0.958. The van der Waals surface area contributed by atoms with Crippen molar-refractivity contribution < 1.29 is 19.3 Å². The molecule has 0 aliphatic carbocycles. The van der Waals surface area contributed by atoms with Gasteiger partial charge in [0.2, 0.25) is 0 Å². The molecular formula is C18H21N2O4+. The molecule has 0 saturated heterocycles. The van der Waals surface area contributed by atoms with Gasteiger partial charge in [-0.25, -0.2) is 0 Å². The van der Waals surface area contributed by atoms with Crippen molar-refractivity contribution in [3.63, 3.8) is 0 Å². The Labute approximate surface area is 140 Å². The largest absolute Gasteiger partial charge is 0.493 e. The van der Waals surface area contributed by atoms with E-state index in [0.29, 0.717) is 0 Å². The first-order valence-corrected chi connectivity index (χ1v) is 7.91. The summed E-state index contributed by atoms with van der Waals surface area (Å²) < 4.78 is 10.8. The fraction of sp³-hybridized carbons (Fsp3) is 0.333. The van der Waals surface area contributed by atoms with Gasteiger partial charge in [-0.15, -0.1) is 0 Å². The number of hydrogen-bond donors (Lipinski definition) is 1. The number of non-ortho nitro benzene ring substituents is 1. The molecule has 1 atom stereocenters. The van der Waals surface area contributed by atoms with Crippen LogP contribution >= 0.6 is 0 Å². The molecule has 126 valence electrons. The smallest absolute Gasteiger partial charge is 0.269 e. The van der Waals surface area contributed by atoms with E-state index in [4.69, 9.17) is 9.47 Å². The normalized spacial score (nSPS) is 16.3. The summed E-state index contributed by atoms with van der Waals surface area (Å²) in [6, 6.07) is 11.0. The molecule has 1 unspecified atom stereocenters. The zero-order valence-electron chi connectivity index (χ0n) is 13.9. The molecule has 0 spiro atoms. The molecule has 2 aromatic carbocycles. The van der Waals surface area contributed by atoms with Gasteiger partial charge in [0.15, 0.2) is 11.5 Å². The van der Waals surface area contributed by atoms with Gasteiger partial charge in [0.25, 0.3) is 5.69 Å². The Hall–Kier alpha value is -2.60. The minimum atomic E-state index is -0.346. The van der Waals surface area contributed by atoms with Crippen molar-refractivity contribution in [2.45, 2.75) is 19.5 Å². The molecule has 24 heavy (non-hydrogen) atoms. The van der Waals surface area contributed by atoms with Crippen molar-refractivity contribution >= 4 is 5.69 Å². The minimum Gasteiger partial charge on any atom is -0.493 e. The Kier molecular flexibility index (Phi) is 4.66. The minimum absolute atomic E-state index is 0.149. The van der Waals surface area contributed by atoms with Gasteiger partial charge < -0.3 is 14.4 Å². The molecule has 0 fully saturated rings. The van der Waals surface area contributed by atoms with Crippen molar-refractivity contribution in [1.82, 2.24) is 0 Å². The number of methoxy groups -OCH3 is 2. The van der Waals surface area contributed by atoms with Crippen LogP contribution in [0.15, 0.2) is 36.4 Å². The van der Waals surface area contributed by atoms with Crippen LogP contribution in [0.3, 0.4) is 0 Å². The van der Waals surface area contributed by atoms with E-state index in [0.717, 1.165) is 43.1 Å². The van der Waals surface area contributed by atoms with Crippen LogP contribution in [0, 0.1) is 10.1 Å². The number of ether oxygens (including phenoxy) is 2. The van der Waals surface area contributed by atoms with E-state index in [1.807, 2.05) is 12.1 Å². The lowest BCUT2D eigenvalue weighted by Crippen LogP contribution is -3.10. The van der Waals surface area contributed by atoms with Gasteiger partial charge in [-0.1, -0.05) is 12.1 Å². The molecule has 1 N–H and O–H groups in total. The summed E-state index contributed by atoms with van der Waals surface area (Å²) in [7, 11) is 3.29. The van der Waals surface area contributed by atoms with Gasteiger partial charge in [-0.2, -0.15) is 0 Å². The Morgan fingerprint density at radius 2 is 1.83 bits per heavy atom. The van der Waals surface area contributed by atoms with Crippen molar-refractivity contribution in [1.29, 1.82) is 0 Å². The summed E-state index contributed by atoms with van der Waals surface area (Å²) in [5.41, 5.74) is 3.67. The fourth-order valence-corrected chi connectivity index (χ4v) is 3.25. The van der Waals surface area contributed by atoms with Gasteiger partial charge in [-0.3, -0.25) is 10.1 Å². The lowest BCUT2D eigenvalue weighted by Gasteiger charge is -2.27. The first-order valence-electron chi connectivity index (χ1n) is 7.91. The number of benzene rings is 2. The van der Waals surface area contributed by atoms with E-state index in [1.165, 1.54) is 22.1 Å². The van der Waals surface area contributed by atoms with E-state index in [-0.39, 0.29) is 10.6 Å². The third-order valence-corrected chi connectivity index (χ3v) is 4.47. The highest BCUT2D eigenvalue weighted by atomic mass is 16.6. The van der Waals surface area contributed by atoms with E-state index in [1.54, 1.807) is 26.4 Å². The Morgan fingerprint density at radius 3 is 2.50 bits per heavy atom. The molecule has 2 aromatic rings. The van der Waals surface area contributed by atoms with Crippen molar-refractivity contribution in [3.05, 3.63) is 63.2 Å². The zero-order chi connectivity index (χ0) is 17.1. The van der Waals surface area contributed by atoms with Crippen LogP contribution in [0.4, 0.5) is 5.69 Å². The highest BCUT2D eigenvalue weighted by Crippen LogP contribution is 2.31. The maximum absolute atomic E-state index is 10.9. The molecular weight excluding hydrogens is 308 g/mol. The van der Waals surface area contributed by atoms with Crippen LogP contribution < -0.4 is 14.4 Å². The highest BCUT2D eigenvalue weighted by molar-refractivity contribution is 5.47. The van der Waals surface area contributed by atoms with Crippen LogP contribution in [-0.4, -0.2) is 25.7 Å². The second-order valence-electron chi connectivity index (χ2n) is 6.01. The summed E-state index contributed by atoms with van der Waals surface area (Å²) in [6.45, 7) is 2.64. The Balaban J connectivity index is 1.77. The molecule has 1 aliphatic heterocycles. The SMILES string of the molecule is COc1cc2c(cc1OC)C[NH+](Cc1cccc([N+](=O)[O-])c1)CC2. The lowest BCUT2D eigenvalue weighted by atomic mass is 9.98. The zero-order valence-corrected chi connectivity index (χ0v) is 13.9. The van der Waals surface area contributed by atoms with Crippen LogP contribution in [0.1, 0.15) is 16.7 Å². The van der Waals surface area contributed by atoms with Gasteiger partial charge in [0, 0.05) is 29.7 Å². The predicted octanol–water partition coefficient (Wildman–Crippen LogP) is 1.75. The van der Waals surface area contributed by atoms with E-state index >= 15 is 0 Å². The quantitative estimate of drug-likeness (QED) is 0.670. The lowest BCUT2D eigenvalue weighted by molar-refractivity contribution is -0.929. The second-order valence-corrected chi connectivity index (χ2v) is 6.01. The van der Waals surface area contributed by atoms with E-state index in [2.05, 4.69) is 6.07 Å². The number of quaternary nitrogens is 1. The van der Waals surface area contributed by atoms with Crippen LogP contribution in [0.5, 0.6) is 11.5 Å².